The van der Waals surface area contributed by atoms with Crippen molar-refractivity contribution in [2.45, 2.75) is 19.6 Å². The Balaban J connectivity index is 0.000000638. The van der Waals surface area contributed by atoms with Crippen molar-refractivity contribution >= 4 is 18.0 Å². The fraction of sp³-hybridized carbons (Fsp3) is 0.269. The lowest BCUT2D eigenvalue weighted by Gasteiger charge is -2.16. The number of aliphatic hydroxyl groups is 1. The highest BCUT2D eigenvalue weighted by Crippen LogP contribution is 2.25. The number of methoxy groups -OCH3 is 1. The molecular formula is C26H28F3N3O6. The molecule has 0 saturated carbocycles. The van der Waals surface area contributed by atoms with Gasteiger partial charge in [-0.3, -0.25) is 4.79 Å². The lowest BCUT2D eigenvalue weighted by molar-refractivity contribution is -0.192. The van der Waals surface area contributed by atoms with Gasteiger partial charge in [0.1, 0.15) is 18.1 Å². The van der Waals surface area contributed by atoms with E-state index < -0.39 is 12.1 Å². The number of benzene rings is 2. The van der Waals surface area contributed by atoms with Crippen LogP contribution in [0.15, 0.2) is 61.1 Å². The Morgan fingerprint density at radius 3 is 2.47 bits per heavy atom. The molecule has 0 aliphatic rings. The number of alkyl halides is 3. The van der Waals surface area contributed by atoms with Crippen LogP contribution in [0.5, 0.6) is 11.5 Å². The molecule has 38 heavy (non-hydrogen) atoms. The minimum atomic E-state index is -5.08. The van der Waals surface area contributed by atoms with Gasteiger partial charge >= 0.3 is 12.1 Å². The number of rotatable bonds is 9. The molecule has 3 rings (SSSR count). The van der Waals surface area contributed by atoms with Gasteiger partial charge in [-0.2, -0.15) is 13.2 Å². The standard InChI is InChI=1S/C24H27N3O4.C2HF3O2/c1-18-15-27(17-25-18)22-9-7-19(14-23(22)30-3)8-10-24(29)26(2)16-20-5-4-6-21(13-20)31-12-11-28;3-2(4,5)1(6)7/h4-10,13-15,17,28H,11-12,16H2,1-3H3;(H,6,7)/b10-8+;. The molecule has 0 aliphatic heterocycles. The van der Waals surface area contributed by atoms with Crippen molar-refractivity contribution in [3.05, 3.63) is 77.9 Å². The molecule has 0 radical (unpaired) electrons. The Bertz CT molecular complexity index is 1260. The van der Waals surface area contributed by atoms with Gasteiger partial charge in [0, 0.05) is 25.9 Å². The average molecular weight is 536 g/mol. The van der Waals surface area contributed by atoms with Crippen LogP contribution in [0.4, 0.5) is 13.2 Å². The maximum Gasteiger partial charge on any atom is 0.490 e. The molecule has 204 valence electrons. The number of carboxylic acids is 1. The van der Waals surface area contributed by atoms with Crippen molar-refractivity contribution in [2.75, 3.05) is 27.4 Å². The van der Waals surface area contributed by atoms with Crippen molar-refractivity contribution in [1.82, 2.24) is 14.5 Å². The van der Waals surface area contributed by atoms with Crippen LogP contribution in [0.2, 0.25) is 0 Å². The first-order chi connectivity index (χ1) is 17.9. The number of aromatic nitrogens is 2. The van der Waals surface area contributed by atoms with Gasteiger partial charge in [-0.1, -0.05) is 18.2 Å². The summed E-state index contributed by atoms with van der Waals surface area (Å²) in [5.41, 5.74) is 3.61. The van der Waals surface area contributed by atoms with E-state index in [2.05, 4.69) is 4.98 Å². The number of aliphatic hydroxyl groups excluding tert-OH is 1. The van der Waals surface area contributed by atoms with Gasteiger partial charge in [-0.25, -0.2) is 9.78 Å². The zero-order valence-electron chi connectivity index (χ0n) is 21.0. The zero-order valence-corrected chi connectivity index (χ0v) is 21.0. The highest BCUT2D eigenvalue weighted by molar-refractivity contribution is 5.91. The summed E-state index contributed by atoms with van der Waals surface area (Å²) in [6.07, 6.45) is 1.90. The number of hydrogen-bond donors (Lipinski definition) is 2. The molecule has 1 aromatic heterocycles. The molecule has 0 fully saturated rings. The van der Waals surface area contributed by atoms with E-state index in [0.717, 1.165) is 22.5 Å². The minimum absolute atomic E-state index is 0.0405. The Hall–Kier alpha value is -4.32. The number of hydrogen-bond acceptors (Lipinski definition) is 6. The van der Waals surface area contributed by atoms with Crippen LogP contribution < -0.4 is 9.47 Å². The van der Waals surface area contributed by atoms with E-state index in [9.17, 15) is 18.0 Å². The second-order valence-electron chi connectivity index (χ2n) is 7.90. The number of halogens is 3. The maximum absolute atomic E-state index is 12.6. The molecule has 0 unspecified atom stereocenters. The first-order valence-corrected chi connectivity index (χ1v) is 11.2. The van der Waals surface area contributed by atoms with Gasteiger partial charge in [0.05, 0.1) is 31.4 Å². The number of amides is 1. The van der Waals surface area contributed by atoms with Crippen LogP contribution in [0, 0.1) is 6.92 Å². The molecule has 0 spiro atoms. The first kappa shape index (κ1) is 29.9. The van der Waals surface area contributed by atoms with Crippen molar-refractivity contribution in [1.29, 1.82) is 0 Å². The number of carboxylic acid groups (broad SMARTS) is 1. The second kappa shape index (κ2) is 13.8. The molecule has 0 atom stereocenters. The normalized spacial score (nSPS) is 11.0. The summed E-state index contributed by atoms with van der Waals surface area (Å²) in [6, 6.07) is 13.2. The Morgan fingerprint density at radius 2 is 1.89 bits per heavy atom. The molecule has 9 nitrogen and oxygen atoms in total. The topological polar surface area (TPSA) is 114 Å². The van der Waals surface area contributed by atoms with Crippen molar-refractivity contribution < 1.29 is 42.4 Å². The predicted molar refractivity (Wildman–Crippen MR) is 133 cm³/mol. The van der Waals surface area contributed by atoms with E-state index in [0.29, 0.717) is 18.0 Å². The lowest BCUT2D eigenvalue weighted by atomic mass is 10.1. The number of imidazole rings is 1. The summed E-state index contributed by atoms with van der Waals surface area (Å²) < 4.78 is 44.6. The van der Waals surface area contributed by atoms with Gasteiger partial charge in [-0.05, 0) is 48.4 Å². The van der Waals surface area contributed by atoms with E-state index in [4.69, 9.17) is 24.5 Å². The summed E-state index contributed by atoms with van der Waals surface area (Å²) in [5.74, 6) is -1.51. The van der Waals surface area contributed by atoms with Crippen molar-refractivity contribution in [2.24, 2.45) is 0 Å². The molecule has 2 aromatic carbocycles. The van der Waals surface area contributed by atoms with E-state index in [1.165, 1.54) is 0 Å². The maximum atomic E-state index is 12.6. The Labute approximate surface area is 217 Å². The minimum Gasteiger partial charge on any atom is -0.495 e. The molecule has 12 heteroatoms. The van der Waals surface area contributed by atoms with Gasteiger partial charge < -0.3 is 29.2 Å². The quantitative estimate of drug-likeness (QED) is 0.400. The highest BCUT2D eigenvalue weighted by atomic mass is 19.4. The van der Waals surface area contributed by atoms with E-state index in [1.807, 2.05) is 60.2 Å². The number of carbonyl (C=O) groups excluding carboxylic acids is 1. The third kappa shape index (κ3) is 9.28. The average Bonchev–Trinajstić information content (AvgIpc) is 3.31. The van der Waals surface area contributed by atoms with E-state index >= 15 is 0 Å². The lowest BCUT2D eigenvalue weighted by Crippen LogP contribution is -2.24. The summed E-state index contributed by atoms with van der Waals surface area (Å²) in [5, 5.41) is 16.0. The Morgan fingerprint density at radius 1 is 1.18 bits per heavy atom. The number of nitrogens with zero attached hydrogens (tertiary/aromatic N) is 3. The van der Waals surface area contributed by atoms with Crippen molar-refractivity contribution in [3.8, 4) is 17.2 Å². The smallest absolute Gasteiger partial charge is 0.490 e. The molecule has 0 bridgehead atoms. The van der Waals surface area contributed by atoms with Gasteiger partial charge in [-0.15, -0.1) is 0 Å². The first-order valence-electron chi connectivity index (χ1n) is 11.2. The second-order valence-corrected chi connectivity index (χ2v) is 7.90. The highest BCUT2D eigenvalue weighted by Gasteiger charge is 2.38. The third-order valence-corrected chi connectivity index (χ3v) is 4.91. The van der Waals surface area contributed by atoms with Crippen LogP contribution in [-0.4, -0.2) is 70.1 Å². The predicted octanol–water partition coefficient (Wildman–Crippen LogP) is 3.87. The summed E-state index contributed by atoms with van der Waals surface area (Å²) in [7, 11) is 3.37. The van der Waals surface area contributed by atoms with Gasteiger partial charge in [0.2, 0.25) is 5.91 Å². The fourth-order valence-electron chi connectivity index (χ4n) is 3.11. The third-order valence-electron chi connectivity index (χ3n) is 4.91. The number of aryl methyl sites for hydroxylation is 1. The molecular weight excluding hydrogens is 507 g/mol. The summed E-state index contributed by atoms with van der Waals surface area (Å²) in [4.78, 5) is 27.3. The number of ether oxygens (including phenoxy) is 2. The number of likely N-dealkylation sites (N-methyl/N-ethyl adjacent to an activating group) is 1. The van der Waals surface area contributed by atoms with Crippen molar-refractivity contribution in [3.63, 3.8) is 0 Å². The van der Waals surface area contributed by atoms with Gasteiger partial charge in [0.15, 0.2) is 0 Å². The number of carbonyl (C=O) groups is 2. The molecule has 0 saturated heterocycles. The fourth-order valence-corrected chi connectivity index (χ4v) is 3.11. The number of aliphatic carboxylic acids is 1. The Kier molecular flexibility index (Phi) is 10.9. The van der Waals surface area contributed by atoms with Crippen LogP contribution in [0.3, 0.4) is 0 Å². The van der Waals surface area contributed by atoms with Crippen LogP contribution in [-0.2, 0) is 16.1 Å². The van der Waals surface area contributed by atoms with Crippen LogP contribution >= 0.6 is 0 Å². The van der Waals surface area contributed by atoms with Crippen LogP contribution in [0.1, 0.15) is 16.8 Å². The molecule has 3 aromatic rings. The van der Waals surface area contributed by atoms with E-state index in [1.54, 1.807) is 37.5 Å². The monoisotopic (exact) mass is 535 g/mol. The molecule has 2 N–H and O–H groups in total. The SMILES string of the molecule is COc1cc(/C=C/C(=O)N(C)Cc2cccc(OCCO)c2)ccc1-n1cnc(C)c1.O=C(O)C(F)(F)F. The largest absolute Gasteiger partial charge is 0.495 e. The summed E-state index contributed by atoms with van der Waals surface area (Å²) >= 11 is 0. The molecule has 0 aliphatic carbocycles. The van der Waals surface area contributed by atoms with Crippen LogP contribution in [0.25, 0.3) is 11.8 Å². The molecule has 1 heterocycles. The van der Waals surface area contributed by atoms with E-state index in [-0.39, 0.29) is 19.1 Å². The summed E-state index contributed by atoms with van der Waals surface area (Å²) in [6.45, 7) is 2.58. The molecule has 1 amide bonds. The zero-order chi connectivity index (χ0) is 28.3. The van der Waals surface area contributed by atoms with Gasteiger partial charge in [0.25, 0.3) is 0 Å².